The summed E-state index contributed by atoms with van der Waals surface area (Å²) in [7, 11) is 0. The average molecular weight is 339 g/mol. The van der Waals surface area contributed by atoms with Crippen LogP contribution in [0.1, 0.15) is 19.4 Å². The van der Waals surface area contributed by atoms with E-state index in [1.165, 1.54) is 13.8 Å². The molecule has 2 aromatic carbocycles. The number of ether oxygens (including phenoxy) is 1. The molecule has 0 heterocycles. The van der Waals surface area contributed by atoms with Crippen LogP contribution in [0.25, 0.3) is 0 Å². The van der Waals surface area contributed by atoms with Crippen molar-refractivity contribution in [2.75, 3.05) is 10.6 Å². The Bertz CT molecular complexity index is 806. The van der Waals surface area contributed by atoms with E-state index in [-0.39, 0.29) is 0 Å². The van der Waals surface area contributed by atoms with Crippen molar-refractivity contribution in [3.63, 3.8) is 0 Å². The van der Waals surface area contributed by atoms with E-state index >= 15 is 0 Å². The van der Waals surface area contributed by atoms with Gasteiger partial charge in [-0.25, -0.2) is 9.59 Å². The fourth-order valence-corrected chi connectivity index (χ4v) is 1.87. The van der Waals surface area contributed by atoms with Crippen LogP contribution in [0.2, 0.25) is 0 Å². The smallest absolute Gasteiger partial charge is 0.347 e. The maximum atomic E-state index is 11.9. The minimum absolute atomic E-state index is 0.380. The minimum atomic E-state index is -1.35. The maximum absolute atomic E-state index is 11.9. The lowest BCUT2D eigenvalue weighted by Gasteiger charge is -2.21. The molecular weight excluding hydrogens is 322 g/mol. The van der Waals surface area contributed by atoms with Crippen molar-refractivity contribution < 1.29 is 19.4 Å². The van der Waals surface area contributed by atoms with E-state index < -0.39 is 17.6 Å². The summed E-state index contributed by atoms with van der Waals surface area (Å²) >= 11 is 0. The summed E-state index contributed by atoms with van der Waals surface area (Å²) in [6, 6.07) is 14.4. The second-order valence-corrected chi connectivity index (χ2v) is 5.71. The normalized spacial score (nSPS) is 10.4. The summed E-state index contributed by atoms with van der Waals surface area (Å²) < 4.78 is 5.39. The fourth-order valence-electron chi connectivity index (χ4n) is 1.87. The molecule has 7 heteroatoms. The van der Waals surface area contributed by atoms with Crippen LogP contribution in [0, 0.1) is 11.3 Å². The number of nitrogens with one attached hydrogen (secondary N) is 2. The summed E-state index contributed by atoms with van der Waals surface area (Å²) in [6.07, 6.45) is 0. The molecule has 2 aromatic rings. The number of nitriles is 1. The Balaban J connectivity index is 1.95. The Morgan fingerprint density at radius 1 is 1.00 bits per heavy atom. The van der Waals surface area contributed by atoms with Crippen LogP contribution < -0.4 is 15.4 Å². The number of amides is 2. The van der Waals surface area contributed by atoms with Gasteiger partial charge in [-0.05, 0) is 62.4 Å². The molecular formula is C18H17N3O4. The summed E-state index contributed by atoms with van der Waals surface area (Å²) in [5.41, 5.74) is 0.235. The van der Waals surface area contributed by atoms with Gasteiger partial charge in [-0.3, -0.25) is 0 Å². The number of carboxylic acid groups (broad SMARTS) is 1. The monoisotopic (exact) mass is 339 g/mol. The second-order valence-electron chi connectivity index (χ2n) is 5.71. The first-order valence-electron chi connectivity index (χ1n) is 7.41. The summed E-state index contributed by atoms with van der Waals surface area (Å²) in [4.78, 5) is 23.0. The van der Waals surface area contributed by atoms with Gasteiger partial charge in [-0.2, -0.15) is 5.26 Å². The minimum Gasteiger partial charge on any atom is -0.478 e. The van der Waals surface area contributed by atoms with Gasteiger partial charge < -0.3 is 20.5 Å². The zero-order valence-electron chi connectivity index (χ0n) is 13.7. The average Bonchev–Trinajstić information content (AvgIpc) is 2.57. The molecule has 0 aromatic heterocycles. The SMILES string of the molecule is CC(C)(Oc1ccc(NC(=O)Nc2ccc(C#N)cc2)cc1)C(=O)O. The predicted molar refractivity (Wildman–Crippen MR) is 92.6 cm³/mol. The van der Waals surface area contributed by atoms with Crippen LogP contribution in [0.15, 0.2) is 48.5 Å². The number of rotatable bonds is 5. The third-order valence-electron chi connectivity index (χ3n) is 3.27. The van der Waals surface area contributed by atoms with E-state index in [0.29, 0.717) is 22.7 Å². The number of carboxylic acids is 1. The molecule has 3 N–H and O–H groups in total. The van der Waals surface area contributed by atoms with Gasteiger partial charge >= 0.3 is 12.0 Å². The molecule has 0 bridgehead atoms. The largest absolute Gasteiger partial charge is 0.478 e. The summed E-state index contributed by atoms with van der Waals surface area (Å²) in [5.74, 6) is -0.693. The number of carbonyl (C=O) groups is 2. The van der Waals surface area contributed by atoms with Crippen LogP contribution >= 0.6 is 0 Å². The Hall–Kier alpha value is -3.53. The van der Waals surface area contributed by atoms with Crippen molar-refractivity contribution in [3.8, 4) is 11.8 Å². The zero-order valence-corrected chi connectivity index (χ0v) is 13.7. The third kappa shape index (κ3) is 4.97. The highest BCUT2D eigenvalue weighted by Gasteiger charge is 2.29. The number of aliphatic carboxylic acids is 1. The van der Waals surface area contributed by atoms with E-state index in [2.05, 4.69) is 10.6 Å². The van der Waals surface area contributed by atoms with Gasteiger partial charge in [0.05, 0.1) is 11.6 Å². The predicted octanol–water partition coefficient (Wildman–Crippen LogP) is 3.44. The van der Waals surface area contributed by atoms with Gasteiger partial charge in [0.25, 0.3) is 0 Å². The third-order valence-corrected chi connectivity index (χ3v) is 3.27. The van der Waals surface area contributed by atoms with Crippen molar-refractivity contribution in [2.24, 2.45) is 0 Å². The first kappa shape index (κ1) is 17.8. The van der Waals surface area contributed by atoms with Crippen LogP contribution in [0.3, 0.4) is 0 Å². The molecule has 0 aliphatic heterocycles. The second kappa shape index (κ2) is 7.36. The molecule has 0 atom stereocenters. The van der Waals surface area contributed by atoms with Crippen molar-refractivity contribution in [2.45, 2.75) is 19.4 Å². The highest BCUT2D eigenvalue weighted by Crippen LogP contribution is 2.21. The summed E-state index contributed by atoms with van der Waals surface area (Å²) in [6.45, 7) is 2.90. The maximum Gasteiger partial charge on any atom is 0.347 e. The van der Waals surface area contributed by atoms with E-state index in [4.69, 9.17) is 15.1 Å². The molecule has 2 rings (SSSR count). The first-order valence-corrected chi connectivity index (χ1v) is 7.41. The number of hydrogen-bond acceptors (Lipinski definition) is 4. The van der Waals surface area contributed by atoms with Crippen molar-refractivity contribution >= 4 is 23.4 Å². The van der Waals surface area contributed by atoms with E-state index in [0.717, 1.165) is 0 Å². The van der Waals surface area contributed by atoms with Crippen LogP contribution in [-0.2, 0) is 4.79 Å². The fraction of sp³-hybridized carbons (Fsp3) is 0.167. The Morgan fingerprint density at radius 3 is 1.92 bits per heavy atom. The Morgan fingerprint density at radius 2 is 1.48 bits per heavy atom. The van der Waals surface area contributed by atoms with E-state index in [1.54, 1.807) is 48.5 Å². The van der Waals surface area contributed by atoms with Crippen LogP contribution in [0.4, 0.5) is 16.2 Å². The molecule has 25 heavy (non-hydrogen) atoms. The van der Waals surface area contributed by atoms with E-state index in [9.17, 15) is 9.59 Å². The lowest BCUT2D eigenvalue weighted by molar-refractivity contribution is -0.152. The number of urea groups is 1. The summed E-state index contributed by atoms with van der Waals surface area (Å²) in [5, 5.41) is 23.1. The van der Waals surface area contributed by atoms with E-state index in [1.807, 2.05) is 6.07 Å². The molecule has 2 amide bonds. The molecule has 0 radical (unpaired) electrons. The lowest BCUT2D eigenvalue weighted by Crippen LogP contribution is -2.37. The van der Waals surface area contributed by atoms with Crippen molar-refractivity contribution in [3.05, 3.63) is 54.1 Å². The highest BCUT2D eigenvalue weighted by atomic mass is 16.5. The number of anilines is 2. The molecule has 0 fully saturated rings. The van der Waals surface area contributed by atoms with Gasteiger partial charge in [-0.15, -0.1) is 0 Å². The van der Waals surface area contributed by atoms with Gasteiger partial charge in [0.2, 0.25) is 0 Å². The molecule has 0 aliphatic carbocycles. The van der Waals surface area contributed by atoms with Gasteiger partial charge in [0.15, 0.2) is 5.60 Å². The Labute approximate surface area is 144 Å². The molecule has 0 aliphatic rings. The first-order chi connectivity index (χ1) is 11.8. The van der Waals surface area contributed by atoms with Gasteiger partial charge in [-0.1, -0.05) is 0 Å². The van der Waals surface area contributed by atoms with Crippen molar-refractivity contribution in [1.82, 2.24) is 0 Å². The topological polar surface area (TPSA) is 111 Å². The van der Waals surface area contributed by atoms with Gasteiger partial charge in [0, 0.05) is 11.4 Å². The standard InChI is InChI=1S/C18H17N3O4/c1-18(2,16(22)23)25-15-9-7-14(8-10-15)21-17(24)20-13-5-3-12(11-19)4-6-13/h3-10H,1-2H3,(H,22,23)(H2,20,21,24). The number of benzene rings is 2. The quantitative estimate of drug-likeness (QED) is 0.772. The number of nitrogens with zero attached hydrogens (tertiary/aromatic N) is 1. The number of carbonyl (C=O) groups excluding carboxylic acids is 1. The number of hydrogen-bond donors (Lipinski definition) is 3. The molecule has 7 nitrogen and oxygen atoms in total. The molecule has 0 unspecified atom stereocenters. The van der Waals surface area contributed by atoms with Crippen LogP contribution in [-0.4, -0.2) is 22.7 Å². The van der Waals surface area contributed by atoms with Crippen molar-refractivity contribution in [1.29, 1.82) is 5.26 Å². The molecule has 0 spiro atoms. The van der Waals surface area contributed by atoms with Gasteiger partial charge in [0.1, 0.15) is 5.75 Å². The highest BCUT2D eigenvalue weighted by molar-refractivity contribution is 5.99. The molecule has 0 saturated carbocycles. The lowest BCUT2D eigenvalue weighted by atomic mass is 10.1. The Kier molecular flexibility index (Phi) is 5.25. The molecule has 128 valence electrons. The van der Waals surface area contributed by atoms with Crippen LogP contribution in [0.5, 0.6) is 5.75 Å². The molecule has 0 saturated heterocycles. The zero-order chi connectivity index (χ0) is 18.4.